The zero-order chi connectivity index (χ0) is 14.8. The Morgan fingerprint density at radius 3 is 2.80 bits per heavy atom. The molecule has 0 atom stereocenters. The molecule has 2 rings (SSSR count). The molecule has 0 aliphatic rings. The van der Waals surface area contributed by atoms with Gasteiger partial charge in [0.1, 0.15) is 10.7 Å². The van der Waals surface area contributed by atoms with Gasteiger partial charge in [-0.25, -0.2) is 12.8 Å². The van der Waals surface area contributed by atoms with E-state index >= 15 is 0 Å². The molecule has 108 valence electrons. The molecule has 0 fully saturated rings. The van der Waals surface area contributed by atoms with Crippen molar-refractivity contribution in [3.05, 3.63) is 42.0 Å². The van der Waals surface area contributed by atoms with Crippen molar-refractivity contribution in [1.29, 1.82) is 0 Å². The highest BCUT2D eigenvalue weighted by Crippen LogP contribution is 2.20. The third kappa shape index (κ3) is 2.97. The predicted molar refractivity (Wildman–Crippen MR) is 71.0 cm³/mol. The lowest BCUT2D eigenvalue weighted by molar-refractivity contribution is 0.281. The van der Waals surface area contributed by atoms with E-state index in [1.165, 1.54) is 18.5 Å². The molecule has 0 spiro atoms. The van der Waals surface area contributed by atoms with Crippen LogP contribution in [0.2, 0.25) is 0 Å². The van der Waals surface area contributed by atoms with Crippen LogP contribution in [-0.2, 0) is 23.2 Å². The van der Waals surface area contributed by atoms with Gasteiger partial charge in [-0.1, -0.05) is 6.07 Å². The van der Waals surface area contributed by atoms with Gasteiger partial charge in [-0.05, 0) is 24.6 Å². The fourth-order valence-corrected chi connectivity index (χ4v) is 2.81. The molecule has 0 aliphatic heterocycles. The van der Waals surface area contributed by atoms with Crippen molar-refractivity contribution in [2.24, 2.45) is 0 Å². The van der Waals surface area contributed by atoms with E-state index in [-0.39, 0.29) is 12.3 Å². The second kappa shape index (κ2) is 5.59. The summed E-state index contributed by atoms with van der Waals surface area (Å²) in [4.78, 5) is -0.506. The number of aliphatic hydroxyl groups excluding tert-OH is 1. The van der Waals surface area contributed by atoms with Crippen molar-refractivity contribution in [2.75, 3.05) is 4.72 Å². The Morgan fingerprint density at radius 2 is 2.20 bits per heavy atom. The van der Waals surface area contributed by atoms with Crippen LogP contribution < -0.4 is 4.72 Å². The van der Waals surface area contributed by atoms with Crippen LogP contribution >= 0.6 is 0 Å². The third-order valence-corrected chi connectivity index (χ3v) is 4.07. The predicted octanol–water partition coefficient (Wildman–Crippen LogP) is 1.34. The number of nitrogens with one attached hydrogen (secondary N) is 1. The fourth-order valence-electron chi connectivity index (χ4n) is 1.65. The normalized spacial score (nSPS) is 11.6. The van der Waals surface area contributed by atoms with Crippen LogP contribution in [0.3, 0.4) is 0 Å². The first-order valence-corrected chi connectivity index (χ1v) is 7.39. The number of nitrogens with zero attached hydrogens (tertiary/aromatic N) is 2. The summed E-state index contributed by atoms with van der Waals surface area (Å²) >= 11 is 0. The zero-order valence-electron chi connectivity index (χ0n) is 10.7. The summed E-state index contributed by atoms with van der Waals surface area (Å²) in [5.74, 6) is -0.877. The highest BCUT2D eigenvalue weighted by atomic mass is 32.2. The average Bonchev–Trinajstić information content (AvgIpc) is 2.86. The Kier molecular flexibility index (Phi) is 4.05. The van der Waals surface area contributed by atoms with Crippen molar-refractivity contribution in [3.8, 4) is 0 Å². The van der Waals surface area contributed by atoms with E-state index in [2.05, 4.69) is 9.82 Å². The highest BCUT2D eigenvalue weighted by molar-refractivity contribution is 7.92. The van der Waals surface area contributed by atoms with Crippen LogP contribution in [0.4, 0.5) is 10.1 Å². The molecule has 0 unspecified atom stereocenters. The summed E-state index contributed by atoms with van der Waals surface area (Å²) in [7, 11) is -4.06. The Balaban J connectivity index is 2.34. The molecular weight excluding hydrogens is 285 g/mol. The molecule has 0 saturated carbocycles. The van der Waals surface area contributed by atoms with Gasteiger partial charge < -0.3 is 5.11 Å². The Bertz CT molecular complexity index is 712. The summed E-state index contributed by atoms with van der Waals surface area (Å²) in [6.07, 6.45) is 2.85. The molecule has 1 aromatic carbocycles. The van der Waals surface area contributed by atoms with Gasteiger partial charge in [-0.15, -0.1) is 0 Å². The number of hydrogen-bond acceptors (Lipinski definition) is 4. The van der Waals surface area contributed by atoms with E-state index in [0.29, 0.717) is 12.1 Å². The molecule has 0 amide bonds. The summed E-state index contributed by atoms with van der Waals surface area (Å²) in [5.41, 5.74) is 0.566. The number of aryl methyl sites for hydroxylation is 1. The minimum absolute atomic E-state index is 0.251. The van der Waals surface area contributed by atoms with E-state index in [0.717, 1.165) is 12.1 Å². The van der Waals surface area contributed by atoms with Crippen LogP contribution in [-0.4, -0.2) is 23.3 Å². The van der Waals surface area contributed by atoms with E-state index in [1.807, 2.05) is 6.92 Å². The van der Waals surface area contributed by atoms with Crippen molar-refractivity contribution in [2.45, 2.75) is 25.0 Å². The number of rotatable bonds is 5. The van der Waals surface area contributed by atoms with Crippen LogP contribution in [0.15, 0.2) is 35.5 Å². The second-order valence-corrected chi connectivity index (χ2v) is 5.76. The summed E-state index contributed by atoms with van der Waals surface area (Å²) in [5, 5.41) is 12.9. The Hall–Kier alpha value is -1.93. The number of benzene rings is 1. The molecule has 20 heavy (non-hydrogen) atoms. The lowest BCUT2D eigenvalue weighted by atomic mass is 10.2. The molecule has 1 heterocycles. The summed E-state index contributed by atoms with van der Waals surface area (Å²) in [6.45, 7) is 2.09. The van der Waals surface area contributed by atoms with Crippen molar-refractivity contribution in [1.82, 2.24) is 9.78 Å². The lowest BCUT2D eigenvalue weighted by Gasteiger charge is -2.08. The summed E-state index contributed by atoms with van der Waals surface area (Å²) < 4.78 is 41.7. The van der Waals surface area contributed by atoms with Crippen molar-refractivity contribution < 1.29 is 17.9 Å². The summed E-state index contributed by atoms with van der Waals surface area (Å²) in [6, 6.07) is 3.43. The smallest absolute Gasteiger partial charge is 0.264 e. The Labute approximate surface area is 115 Å². The first-order valence-electron chi connectivity index (χ1n) is 5.91. The first-order chi connectivity index (χ1) is 9.46. The quantitative estimate of drug-likeness (QED) is 0.872. The number of aromatic nitrogens is 2. The molecule has 8 heteroatoms. The molecule has 6 nitrogen and oxygen atoms in total. The number of anilines is 1. The number of sulfonamides is 1. The maximum atomic E-state index is 13.7. The van der Waals surface area contributed by atoms with Gasteiger partial charge in [0.05, 0.1) is 18.5 Å². The lowest BCUT2D eigenvalue weighted by Crippen LogP contribution is -2.14. The molecule has 2 aromatic rings. The van der Waals surface area contributed by atoms with E-state index in [4.69, 9.17) is 5.11 Å². The van der Waals surface area contributed by atoms with Crippen LogP contribution in [0.5, 0.6) is 0 Å². The number of hydrogen-bond donors (Lipinski definition) is 2. The van der Waals surface area contributed by atoms with Crippen LogP contribution in [0.1, 0.15) is 12.5 Å². The topological polar surface area (TPSA) is 84.2 Å². The van der Waals surface area contributed by atoms with Crippen LogP contribution in [0, 0.1) is 5.82 Å². The van der Waals surface area contributed by atoms with Gasteiger partial charge >= 0.3 is 0 Å². The molecule has 2 N–H and O–H groups in total. The highest BCUT2D eigenvalue weighted by Gasteiger charge is 2.20. The van der Waals surface area contributed by atoms with E-state index in [9.17, 15) is 12.8 Å². The van der Waals surface area contributed by atoms with Crippen molar-refractivity contribution in [3.63, 3.8) is 0 Å². The minimum atomic E-state index is -4.06. The van der Waals surface area contributed by atoms with Gasteiger partial charge in [0.2, 0.25) is 0 Å². The number of halogens is 1. The maximum absolute atomic E-state index is 13.7. The monoisotopic (exact) mass is 299 g/mol. The van der Waals surface area contributed by atoms with Crippen molar-refractivity contribution >= 4 is 15.7 Å². The molecule has 0 aliphatic carbocycles. The SMILES string of the molecule is CCn1cc(NS(=O)(=O)c2cc(CO)ccc2F)cn1. The van der Waals surface area contributed by atoms with E-state index in [1.54, 1.807) is 4.68 Å². The standard InChI is InChI=1S/C12H14FN3O3S/c1-2-16-7-10(6-14-16)15-20(18,19)12-5-9(8-17)3-4-11(12)13/h3-7,15,17H,2,8H2,1H3. The van der Waals surface area contributed by atoms with Gasteiger partial charge in [0.15, 0.2) is 0 Å². The van der Waals surface area contributed by atoms with E-state index < -0.39 is 20.7 Å². The number of aliphatic hydroxyl groups is 1. The van der Waals surface area contributed by atoms with Gasteiger partial charge in [0, 0.05) is 12.7 Å². The Morgan fingerprint density at radius 1 is 1.45 bits per heavy atom. The molecule has 0 radical (unpaired) electrons. The van der Waals surface area contributed by atoms with Crippen LogP contribution in [0.25, 0.3) is 0 Å². The molecular formula is C12H14FN3O3S. The maximum Gasteiger partial charge on any atom is 0.264 e. The zero-order valence-corrected chi connectivity index (χ0v) is 11.6. The molecule has 0 saturated heterocycles. The second-order valence-electron chi connectivity index (χ2n) is 4.11. The first kappa shape index (κ1) is 14.5. The van der Waals surface area contributed by atoms with Gasteiger partial charge in [0.25, 0.3) is 10.0 Å². The average molecular weight is 299 g/mol. The minimum Gasteiger partial charge on any atom is -0.392 e. The molecule has 1 aromatic heterocycles. The molecule has 0 bridgehead atoms. The fraction of sp³-hybridized carbons (Fsp3) is 0.250. The largest absolute Gasteiger partial charge is 0.392 e. The third-order valence-electron chi connectivity index (χ3n) is 2.68. The van der Waals surface area contributed by atoms with Gasteiger partial charge in [-0.3, -0.25) is 9.40 Å². The van der Waals surface area contributed by atoms with Gasteiger partial charge in [-0.2, -0.15) is 5.10 Å².